The number of alkyl carbamates (subject to hydrolysis) is 1. The highest BCUT2D eigenvalue weighted by Gasteiger charge is 2.40. The second kappa shape index (κ2) is 3.79. The summed E-state index contributed by atoms with van der Waals surface area (Å²) in [4.78, 5) is 11.3. The van der Waals surface area contributed by atoms with Crippen molar-refractivity contribution in [3.05, 3.63) is 0 Å². The van der Waals surface area contributed by atoms with E-state index in [0.29, 0.717) is 5.41 Å². The summed E-state index contributed by atoms with van der Waals surface area (Å²) in [6, 6.07) is 0. The zero-order chi connectivity index (χ0) is 10.8. The Morgan fingerprint density at radius 3 is 2.36 bits per heavy atom. The molecule has 3 nitrogen and oxygen atoms in total. The maximum absolute atomic E-state index is 11.3. The Labute approximate surface area is 86.2 Å². The molecule has 1 aliphatic rings. The molecule has 14 heavy (non-hydrogen) atoms. The molecule has 1 amide bonds. The van der Waals surface area contributed by atoms with E-state index >= 15 is 0 Å². The molecule has 0 saturated heterocycles. The molecule has 0 aromatic heterocycles. The van der Waals surface area contributed by atoms with Crippen LogP contribution in [0.15, 0.2) is 0 Å². The lowest BCUT2D eigenvalue weighted by Gasteiger charge is -2.21. The van der Waals surface area contributed by atoms with Crippen molar-refractivity contribution in [3.8, 4) is 0 Å². The van der Waals surface area contributed by atoms with Gasteiger partial charge in [0.15, 0.2) is 0 Å². The zero-order valence-corrected chi connectivity index (χ0v) is 9.64. The SMILES string of the molecule is CCC1(CNC(=O)OC(C)(C)C)CC1. The molecule has 0 heterocycles. The Balaban J connectivity index is 2.22. The summed E-state index contributed by atoms with van der Waals surface area (Å²) in [5.74, 6) is 0. The summed E-state index contributed by atoms with van der Waals surface area (Å²) >= 11 is 0. The van der Waals surface area contributed by atoms with Gasteiger partial charge in [-0.05, 0) is 45.4 Å². The van der Waals surface area contributed by atoms with Crippen LogP contribution in [0.4, 0.5) is 4.79 Å². The minimum atomic E-state index is -0.396. The lowest BCUT2D eigenvalue weighted by atomic mass is 10.0. The van der Waals surface area contributed by atoms with Gasteiger partial charge >= 0.3 is 6.09 Å². The average molecular weight is 199 g/mol. The van der Waals surface area contributed by atoms with E-state index in [-0.39, 0.29) is 6.09 Å². The van der Waals surface area contributed by atoms with E-state index in [1.807, 2.05) is 20.8 Å². The van der Waals surface area contributed by atoms with Gasteiger partial charge in [0.05, 0.1) is 0 Å². The van der Waals surface area contributed by atoms with Gasteiger partial charge in [-0.25, -0.2) is 4.79 Å². The number of nitrogens with one attached hydrogen (secondary N) is 1. The van der Waals surface area contributed by atoms with Crippen molar-refractivity contribution in [2.24, 2.45) is 5.41 Å². The number of rotatable bonds is 3. The lowest BCUT2D eigenvalue weighted by molar-refractivity contribution is 0.0515. The van der Waals surface area contributed by atoms with Gasteiger partial charge < -0.3 is 10.1 Å². The van der Waals surface area contributed by atoms with Crippen LogP contribution in [-0.2, 0) is 4.74 Å². The van der Waals surface area contributed by atoms with E-state index in [1.165, 1.54) is 12.8 Å². The third kappa shape index (κ3) is 3.56. The number of amides is 1. The molecule has 0 aliphatic heterocycles. The zero-order valence-electron chi connectivity index (χ0n) is 9.64. The number of carbonyl (C=O) groups is 1. The van der Waals surface area contributed by atoms with E-state index in [1.54, 1.807) is 0 Å². The summed E-state index contributed by atoms with van der Waals surface area (Å²) in [6.07, 6.45) is 3.32. The monoisotopic (exact) mass is 199 g/mol. The molecule has 1 fully saturated rings. The molecule has 1 rings (SSSR count). The van der Waals surface area contributed by atoms with E-state index in [2.05, 4.69) is 12.2 Å². The Hall–Kier alpha value is -0.730. The molecule has 0 unspecified atom stereocenters. The third-order valence-electron chi connectivity index (χ3n) is 2.71. The summed E-state index contributed by atoms with van der Waals surface area (Å²) < 4.78 is 5.16. The molecule has 0 aromatic rings. The molecule has 0 radical (unpaired) electrons. The van der Waals surface area contributed by atoms with E-state index in [0.717, 1.165) is 13.0 Å². The van der Waals surface area contributed by atoms with Crippen molar-refractivity contribution >= 4 is 6.09 Å². The van der Waals surface area contributed by atoms with Crippen LogP contribution in [0.2, 0.25) is 0 Å². The maximum Gasteiger partial charge on any atom is 0.407 e. The Morgan fingerprint density at radius 1 is 1.43 bits per heavy atom. The van der Waals surface area contributed by atoms with Crippen molar-refractivity contribution in [2.75, 3.05) is 6.54 Å². The van der Waals surface area contributed by atoms with Gasteiger partial charge in [-0.15, -0.1) is 0 Å². The standard InChI is InChI=1S/C11H21NO2/c1-5-11(6-7-11)8-12-9(13)14-10(2,3)4/h5-8H2,1-4H3,(H,12,13). The minimum absolute atomic E-state index is 0.294. The van der Waals surface area contributed by atoms with Crippen molar-refractivity contribution < 1.29 is 9.53 Å². The first-order valence-electron chi connectivity index (χ1n) is 5.34. The first-order valence-corrected chi connectivity index (χ1v) is 5.34. The molecule has 1 aliphatic carbocycles. The Kier molecular flexibility index (Phi) is 3.07. The van der Waals surface area contributed by atoms with Crippen LogP contribution < -0.4 is 5.32 Å². The molecule has 3 heteroatoms. The van der Waals surface area contributed by atoms with Crippen LogP contribution in [0.5, 0.6) is 0 Å². The predicted octanol–water partition coefficient (Wildman–Crippen LogP) is 2.70. The molecule has 1 saturated carbocycles. The van der Waals surface area contributed by atoms with Crippen molar-refractivity contribution in [1.29, 1.82) is 0 Å². The highest BCUT2D eigenvalue weighted by atomic mass is 16.6. The van der Waals surface area contributed by atoms with Crippen LogP contribution in [-0.4, -0.2) is 18.2 Å². The molecule has 82 valence electrons. The molecule has 0 atom stereocenters. The van der Waals surface area contributed by atoms with Gasteiger partial charge in [0, 0.05) is 6.54 Å². The Morgan fingerprint density at radius 2 is 2.00 bits per heavy atom. The fraction of sp³-hybridized carbons (Fsp3) is 0.909. The summed E-state index contributed by atoms with van der Waals surface area (Å²) in [6.45, 7) is 8.56. The quantitative estimate of drug-likeness (QED) is 0.759. The van der Waals surface area contributed by atoms with Crippen LogP contribution in [0.1, 0.15) is 47.0 Å². The lowest BCUT2D eigenvalue weighted by Crippen LogP contribution is -2.35. The minimum Gasteiger partial charge on any atom is -0.444 e. The number of carbonyl (C=O) groups excluding carboxylic acids is 1. The van der Waals surface area contributed by atoms with Crippen LogP contribution in [0, 0.1) is 5.41 Å². The second-order valence-corrected chi connectivity index (χ2v) is 5.21. The first kappa shape index (κ1) is 11.3. The third-order valence-corrected chi connectivity index (χ3v) is 2.71. The van der Waals surface area contributed by atoms with Gasteiger partial charge in [0.1, 0.15) is 5.60 Å². The van der Waals surface area contributed by atoms with Gasteiger partial charge in [0.2, 0.25) is 0 Å². The fourth-order valence-electron chi connectivity index (χ4n) is 1.41. The highest BCUT2D eigenvalue weighted by Crippen LogP contribution is 2.47. The predicted molar refractivity (Wildman–Crippen MR) is 56.2 cm³/mol. The smallest absolute Gasteiger partial charge is 0.407 e. The van der Waals surface area contributed by atoms with Gasteiger partial charge in [-0.1, -0.05) is 6.92 Å². The first-order chi connectivity index (χ1) is 6.37. The van der Waals surface area contributed by atoms with Gasteiger partial charge in [-0.3, -0.25) is 0 Å². The maximum atomic E-state index is 11.3. The van der Waals surface area contributed by atoms with Crippen molar-refractivity contribution in [1.82, 2.24) is 5.32 Å². The molecule has 0 bridgehead atoms. The fourth-order valence-corrected chi connectivity index (χ4v) is 1.41. The van der Waals surface area contributed by atoms with E-state index in [4.69, 9.17) is 4.74 Å². The summed E-state index contributed by atoms with van der Waals surface area (Å²) in [5.41, 5.74) is -0.0100. The molecule has 0 spiro atoms. The average Bonchev–Trinajstić information content (AvgIpc) is 2.78. The highest BCUT2D eigenvalue weighted by molar-refractivity contribution is 5.67. The molecule has 0 aromatic carbocycles. The van der Waals surface area contributed by atoms with Crippen LogP contribution in [0.3, 0.4) is 0 Å². The van der Waals surface area contributed by atoms with Gasteiger partial charge in [0.25, 0.3) is 0 Å². The van der Waals surface area contributed by atoms with Gasteiger partial charge in [-0.2, -0.15) is 0 Å². The van der Waals surface area contributed by atoms with E-state index in [9.17, 15) is 4.79 Å². The van der Waals surface area contributed by atoms with Crippen molar-refractivity contribution in [2.45, 2.75) is 52.6 Å². The van der Waals surface area contributed by atoms with E-state index < -0.39 is 5.60 Å². The summed E-state index contributed by atoms with van der Waals surface area (Å²) in [5, 5.41) is 2.83. The molecular formula is C11H21NO2. The molecule has 1 N–H and O–H groups in total. The normalized spacial score (nSPS) is 18.9. The number of ether oxygens (including phenoxy) is 1. The number of hydrogen-bond acceptors (Lipinski definition) is 2. The largest absolute Gasteiger partial charge is 0.444 e. The van der Waals surface area contributed by atoms with Crippen LogP contribution >= 0.6 is 0 Å². The molecular weight excluding hydrogens is 178 g/mol. The van der Waals surface area contributed by atoms with Crippen molar-refractivity contribution in [3.63, 3.8) is 0 Å². The topological polar surface area (TPSA) is 38.3 Å². The Bertz CT molecular complexity index is 214. The number of hydrogen-bond donors (Lipinski definition) is 1. The van der Waals surface area contributed by atoms with Crippen LogP contribution in [0.25, 0.3) is 0 Å². The summed E-state index contributed by atoms with van der Waals surface area (Å²) in [7, 11) is 0. The second-order valence-electron chi connectivity index (χ2n) is 5.21.